The molecule has 1 rings (SSSR count). The van der Waals surface area contributed by atoms with Crippen molar-refractivity contribution in [2.75, 3.05) is 13.1 Å². The summed E-state index contributed by atoms with van der Waals surface area (Å²) >= 11 is 12.0. The molecule has 0 bridgehead atoms. The molecule has 1 amide bonds. The van der Waals surface area contributed by atoms with Crippen LogP contribution in [0, 0.1) is 0 Å². The van der Waals surface area contributed by atoms with E-state index in [0.717, 1.165) is 6.54 Å². The van der Waals surface area contributed by atoms with Gasteiger partial charge in [0.2, 0.25) is 5.91 Å². The van der Waals surface area contributed by atoms with Crippen LogP contribution in [-0.4, -0.2) is 25.0 Å². The topological polar surface area (TPSA) is 41.1 Å². The molecule has 108 valence electrons. The predicted octanol–water partition coefficient (Wildman–Crippen LogP) is 3.07. The van der Waals surface area contributed by atoms with Crippen molar-refractivity contribution in [3.05, 3.63) is 33.8 Å². The van der Waals surface area contributed by atoms with Gasteiger partial charge in [-0.25, -0.2) is 0 Å². The van der Waals surface area contributed by atoms with E-state index < -0.39 is 0 Å². The Hall–Kier alpha value is -0.480. The third-order valence-electron chi connectivity index (χ3n) is 2.56. The number of carbonyl (C=O) groups is 1. The maximum Gasteiger partial charge on any atom is 0.224 e. The number of benzene rings is 1. The third-order valence-corrected chi connectivity index (χ3v) is 3.27. The number of hydrogen-bond acceptors (Lipinski definition) is 2. The smallest absolute Gasteiger partial charge is 0.224 e. The number of amides is 1. The van der Waals surface area contributed by atoms with Gasteiger partial charge in [0.1, 0.15) is 0 Å². The standard InChI is InChI=1S/C13H18Cl2N2O.ClH/c1-3-16-9(2)8-17-13(18)7-10-11(14)5-4-6-12(10)15;/h4-6,9,16H,3,7-8H2,1-2H3,(H,17,18);1H/t9-;/m1./s1. The molecule has 0 fully saturated rings. The van der Waals surface area contributed by atoms with Crippen LogP contribution in [0.2, 0.25) is 10.0 Å². The summed E-state index contributed by atoms with van der Waals surface area (Å²) in [5.74, 6) is -0.0743. The second kappa shape index (κ2) is 9.43. The second-order valence-electron chi connectivity index (χ2n) is 4.14. The van der Waals surface area contributed by atoms with Gasteiger partial charge in [-0.15, -0.1) is 12.4 Å². The normalized spacial score (nSPS) is 11.6. The van der Waals surface area contributed by atoms with Crippen LogP contribution in [0.1, 0.15) is 19.4 Å². The average Bonchev–Trinajstić information content (AvgIpc) is 2.32. The van der Waals surface area contributed by atoms with Gasteiger partial charge in [0, 0.05) is 22.6 Å². The van der Waals surface area contributed by atoms with Gasteiger partial charge in [-0.3, -0.25) is 4.79 Å². The molecular weight excluding hydrogens is 307 g/mol. The van der Waals surface area contributed by atoms with E-state index in [9.17, 15) is 4.79 Å². The Morgan fingerprint density at radius 3 is 2.42 bits per heavy atom. The van der Waals surface area contributed by atoms with Crippen molar-refractivity contribution in [1.29, 1.82) is 0 Å². The monoisotopic (exact) mass is 324 g/mol. The lowest BCUT2D eigenvalue weighted by Gasteiger charge is -2.13. The number of rotatable bonds is 6. The summed E-state index contributed by atoms with van der Waals surface area (Å²) in [7, 11) is 0. The first-order chi connectivity index (χ1) is 8.54. The molecule has 0 heterocycles. The maximum absolute atomic E-state index is 11.8. The maximum atomic E-state index is 11.8. The van der Waals surface area contributed by atoms with Crippen LogP contribution in [0.4, 0.5) is 0 Å². The summed E-state index contributed by atoms with van der Waals surface area (Å²) in [5.41, 5.74) is 0.675. The van der Waals surface area contributed by atoms with Crippen LogP contribution in [0.5, 0.6) is 0 Å². The van der Waals surface area contributed by atoms with Crippen molar-refractivity contribution in [3.8, 4) is 0 Å². The van der Waals surface area contributed by atoms with E-state index in [4.69, 9.17) is 23.2 Å². The fourth-order valence-corrected chi connectivity index (χ4v) is 2.14. The zero-order valence-electron chi connectivity index (χ0n) is 11.0. The molecule has 0 saturated carbocycles. The van der Waals surface area contributed by atoms with Crippen LogP contribution < -0.4 is 10.6 Å². The van der Waals surface area contributed by atoms with Crippen LogP contribution >= 0.6 is 35.6 Å². The van der Waals surface area contributed by atoms with Gasteiger partial charge in [0.15, 0.2) is 0 Å². The van der Waals surface area contributed by atoms with Gasteiger partial charge in [-0.1, -0.05) is 36.2 Å². The third kappa shape index (κ3) is 6.48. The van der Waals surface area contributed by atoms with E-state index >= 15 is 0 Å². The molecule has 0 saturated heterocycles. The lowest BCUT2D eigenvalue weighted by molar-refractivity contribution is -0.120. The highest BCUT2D eigenvalue weighted by molar-refractivity contribution is 6.36. The quantitative estimate of drug-likeness (QED) is 0.844. The second-order valence-corrected chi connectivity index (χ2v) is 4.95. The van der Waals surface area contributed by atoms with Gasteiger partial charge < -0.3 is 10.6 Å². The van der Waals surface area contributed by atoms with E-state index in [-0.39, 0.29) is 30.8 Å². The SMILES string of the molecule is CCN[C@H](C)CNC(=O)Cc1c(Cl)cccc1Cl.Cl. The molecule has 3 nitrogen and oxygen atoms in total. The molecule has 19 heavy (non-hydrogen) atoms. The highest BCUT2D eigenvalue weighted by Crippen LogP contribution is 2.24. The Morgan fingerprint density at radius 2 is 1.89 bits per heavy atom. The van der Waals surface area contributed by atoms with Crippen LogP contribution in [-0.2, 0) is 11.2 Å². The number of carbonyl (C=O) groups excluding carboxylic acids is 1. The Kier molecular flexibility index (Phi) is 9.19. The van der Waals surface area contributed by atoms with Gasteiger partial charge in [0.25, 0.3) is 0 Å². The van der Waals surface area contributed by atoms with Crippen LogP contribution in [0.25, 0.3) is 0 Å². The molecule has 1 aromatic rings. The van der Waals surface area contributed by atoms with Crippen LogP contribution in [0.3, 0.4) is 0 Å². The molecular formula is C13H19Cl3N2O. The molecule has 2 N–H and O–H groups in total. The van der Waals surface area contributed by atoms with Crippen LogP contribution in [0.15, 0.2) is 18.2 Å². The Labute approximate surface area is 130 Å². The van der Waals surface area contributed by atoms with E-state index in [1.165, 1.54) is 0 Å². The lowest BCUT2D eigenvalue weighted by atomic mass is 10.1. The average molecular weight is 326 g/mol. The molecule has 0 aliphatic heterocycles. The van der Waals surface area contributed by atoms with Crippen molar-refractivity contribution in [2.45, 2.75) is 26.3 Å². The van der Waals surface area contributed by atoms with Gasteiger partial charge in [-0.2, -0.15) is 0 Å². The summed E-state index contributed by atoms with van der Waals surface area (Å²) in [6.45, 7) is 5.52. The van der Waals surface area contributed by atoms with E-state index in [1.54, 1.807) is 18.2 Å². The molecule has 6 heteroatoms. The molecule has 0 aliphatic carbocycles. The van der Waals surface area contributed by atoms with E-state index in [1.807, 2.05) is 13.8 Å². The summed E-state index contributed by atoms with van der Waals surface area (Å²) in [6.07, 6.45) is 0.206. The van der Waals surface area contributed by atoms with Gasteiger partial charge in [0.05, 0.1) is 6.42 Å². The first kappa shape index (κ1) is 18.5. The largest absolute Gasteiger partial charge is 0.354 e. The van der Waals surface area contributed by atoms with Gasteiger partial charge in [-0.05, 0) is 31.2 Å². The fraction of sp³-hybridized carbons (Fsp3) is 0.462. The highest BCUT2D eigenvalue weighted by Gasteiger charge is 2.11. The Morgan fingerprint density at radius 1 is 1.32 bits per heavy atom. The van der Waals surface area contributed by atoms with E-state index in [2.05, 4.69) is 10.6 Å². The zero-order chi connectivity index (χ0) is 13.5. The number of nitrogens with one attached hydrogen (secondary N) is 2. The minimum Gasteiger partial charge on any atom is -0.354 e. The Bertz CT molecular complexity index is 393. The van der Waals surface area contributed by atoms with Crippen molar-refractivity contribution in [1.82, 2.24) is 10.6 Å². The lowest BCUT2D eigenvalue weighted by Crippen LogP contribution is -2.39. The molecule has 0 spiro atoms. The highest BCUT2D eigenvalue weighted by atomic mass is 35.5. The van der Waals surface area contributed by atoms with Crippen molar-refractivity contribution >= 4 is 41.5 Å². The first-order valence-electron chi connectivity index (χ1n) is 5.97. The molecule has 0 aromatic heterocycles. The molecule has 0 aliphatic rings. The number of hydrogen-bond donors (Lipinski definition) is 2. The predicted molar refractivity (Wildman–Crippen MR) is 83.6 cm³/mol. The minimum atomic E-state index is -0.0743. The Balaban J connectivity index is 0.00000324. The molecule has 1 aromatic carbocycles. The summed E-state index contributed by atoms with van der Waals surface area (Å²) < 4.78 is 0. The number of halogens is 3. The zero-order valence-corrected chi connectivity index (χ0v) is 13.3. The molecule has 0 unspecified atom stereocenters. The van der Waals surface area contributed by atoms with Crippen molar-refractivity contribution in [2.24, 2.45) is 0 Å². The van der Waals surface area contributed by atoms with E-state index in [0.29, 0.717) is 22.2 Å². The summed E-state index contributed by atoms with van der Waals surface area (Å²) in [6, 6.07) is 5.48. The minimum absolute atomic E-state index is 0. The van der Waals surface area contributed by atoms with Gasteiger partial charge >= 0.3 is 0 Å². The van der Waals surface area contributed by atoms with Crippen molar-refractivity contribution < 1.29 is 4.79 Å². The first-order valence-corrected chi connectivity index (χ1v) is 6.73. The summed E-state index contributed by atoms with van der Waals surface area (Å²) in [5, 5.41) is 7.12. The molecule has 1 atom stereocenters. The molecule has 0 radical (unpaired) electrons. The fourth-order valence-electron chi connectivity index (χ4n) is 1.61. The van der Waals surface area contributed by atoms with Crippen molar-refractivity contribution in [3.63, 3.8) is 0 Å². The number of likely N-dealkylation sites (N-methyl/N-ethyl adjacent to an activating group) is 1. The summed E-state index contributed by atoms with van der Waals surface area (Å²) in [4.78, 5) is 11.8.